The van der Waals surface area contributed by atoms with Gasteiger partial charge in [0.05, 0.1) is 17.1 Å². The first-order chi connectivity index (χ1) is 26.6. The first kappa shape index (κ1) is 50.1. The summed E-state index contributed by atoms with van der Waals surface area (Å²) in [5.41, 5.74) is 3.71. The summed E-state index contributed by atoms with van der Waals surface area (Å²) in [5, 5.41) is 21.8. The fourth-order valence-electron chi connectivity index (χ4n) is 6.95. The number of hydrogen-bond donors (Lipinski definition) is 0. The Kier molecular flexibility index (Phi) is 33.5. The van der Waals surface area contributed by atoms with E-state index in [1.54, 1.807) is 12.1 Å². The van der Waals surface area contributed by atoms with Gasteiger partial charge in [0, 0.05) is 6.21 Å². The molecule has 4 nitrogen and oxygen atoms in total. The molecule has 5 heteroatoms. The number of rotatable bonds is 31. The van der Waals surface area contributed by atoms with Crippen molar-refractivity contribution in [3.8, 4) is 11.5 Å². The summed E-state index contributed by atoms with van der Waals surface area (Å²) in [4.78, 5) is 9.53. The van der Waals surface area contributed by atoms with Crippen molar-refractivity contribution in [3.05, 3.63) is 84.4 Å². The van der Waals surface area contributed by atoms with Gasteiger partial charge >= 0.3 is 16.5 Å². The van der Waals surface area contributed by atoms with E-state index in [1.165, 1.54) is 167 Å². The molecule has 0 atom stereocenters. The summed E-state index contributed by atoms with van der Waals surface area (Å²) in [5.74, 6) is -0.731. The second-order valence-electron chi connectivity index (χ2n) is 15.3. The largest absolute Gasteiger partial charge is 2.00 e. The average molecular weight is 796 g/mol. The Morgan fingerprint density at radius 2 is 0.855 bits per heavy atom. The molecule has 0 unspecified atom stereocenters. The second-order valence-corrected chi connectivity index (χ2v) is 15.3. The smallest absolute Gasteiger partial charge is 0.873 e. The van der Waals surface area contributed by atoms with Gasteiger partial charge in [-0.2, -0.15) is 0 Å². The minimum atomic E-state index is -0.393. The van der Waals surface area contributed by atoms with E-state index >= 15 is 0 Å². The molecule has 3 rings (SSSR count). The van der Waals surface area contributed by atoms with Crippen molar-refractivity contribution in [2.24, 2.45) is 9.98 Å². The Morgan fingerprint density at radius 3 is 1.27 bits per heavy atom. The van der Waals surface area contributed by atoms with E-state index in [4.69, 9.17) is 4.99 Å². The van der Waals surface area contributed by atoms with E-state index in [9.17, 15) is 10.2 Å². The zero-order valence-electron chi connectivity index (χ0n) is 34.9. The van der Waals surface area contributed by atoms with Gasteiger partial charge in [0.25, 0.3) is 0 Å². The molecule has 0 saturated heterocycles. The molecule has 0 N–H and O–H groups in total. The number of aliphatic imine (C=N–C) groups is 2. The van der Waals surface area contributed by atoms with Crippen LogP contribution in [0.3, 0.4) is 0 Å². The molecule has 0 aliphatic heterocycles. The van der Waals surface area contributed by atoms with Gasteiger partial charge in [-0.05, 0) is 43.5 Å². The molecule has 0 saturated carbocycles. The fraction of sp³-hybridized carbons (Fsp3) is 0.600. The molecule has 0 aliphatic carbocycles. The van der Waals surface area contributed by atoms with Crippen LogP contribution in [-0.4, -0.2) is 11.9 Å². The summed E-state index contributed by atoms with van der Waals surface area (Å²) >= 11 is 0. The number of aryl methyl sites for hydroxylation is 1. The van der Waals surface area contributed by atoms with Gasteiger partial charge in [0.15, 0.2) is 0 Å². The number of unbranched alkanes of at least 4 members (excludes halogenated alkanes) is 24. The monoisotopic (exact) mass is 795 g/mol. The first-order valence-corrected chi connectivity index (χ1v) is 22.3. The molecular formula is C50H76N2NiO2. The predicted molar refractivity (Wildman–Crippen MR) is 233 cm³/mol. The van der Waals surface area contributed by atoms with Crippen LogP contribution in [-0.2, 0) is 22.9 Å². The van der Waals surface area contributed by atoms with Crippen LogP contribution in [0, 0.1) is 0 Å². The van der Waals surface area contributed by atoms with Crippen molar-refractivity contribution < 1.29 is 26.7 Å². The number of benzene rings is 3. The Morgan fingerprint density at radius 1 is 0.455 bits per heavy atom. The average Bonchev–Trinajstić information content (AvgIpc) is 3.19. The van der Waals surface area contributed by atoms with Gasteiger partial charge in [-0.25, -0.2) is 0 Å². The molecule has 0 amide bonds. The molecule has 3 aromatic rings. The van der Waals surface area contributed by atoms with Crippen molar-refractivity contribution in [1.82, 2.24) is 0 Å². The third-order valence-corrected chi connectivity index (χ3v) is 10.3. The van der Waals surface area contributed by atoms with Crippen LogP contribution in [0.5, 0.6) is 11.5 Å². The fourth-order valence-corrected chi connectivity index (χ4v) is 6.95. The van der Waals surface area contributed by atoms with Crippen LogP contribution in [0.2, 0.25) is 0 Å². The van der Waals surface area contributed by atoms with E-state index in [0.29, 0.717) is 12.0 Å². The van der Waals surface area contributed by atoms with Crippen molar-refractivity contribution >= 4 is 23.3 Å². The quantitative estimate of drug-likeness (QED) is 0.0370. The van der Waals surface area contributed by atoms with Gasteiger partial charge in [-0.15, -0.1) is 11.5 Å². The van der Waals surface area contributed by atoms with Gasteiger partial charge < -0.3 is 10.2 Å². The van der Waals surface area contributed by atoms with E-state index in [2.05, 4.69) is 24.0 Å². The minimum Gasteiger partial charge on any atom is -0.873 e. The number of hydrogen-bond acceptors (Lipinski definition) is 4. The summed E-state index contributed by atoms with van der Waals surface area (Å²) in [6, 6.07) is 25.1. The van der Waals surface area contributed by atoms with Crippen molar-refractivity contribution in [3.63, 3.8) is 0 Å². The molecule has 3 aromatic carbocycles. The first-order valence-electron chi connectivity index (χ1n) is 22.3. The summed E-state index contributed by atoms with van der Waals surface area (Å²) in [7, 11) is 0. The molecule has 0 spiro atoms. The molecule has 0 fully saturated rings. The van der Waals surface area contributed by atoms with Crippen LogP contribution >= 0.6 is 0 Å². The Balaban J connectivity index is 0.00000108. The molecule has 55 heavy (non-hydrogen) atoms. The Bertz CT molecular complexity index is 1330. The van der Waals surface area contributed by atoms with Gasteiger partial charge in [-0.3, -0.25) is 9.98 Å². The molecule has 0 aliphatic rings. The molecule has 0 heterocycles. The summed E-state index contributed by atoms with van der Waals surface area (Å²) < 4.78 is 0. The molecular weight excluding hydrogens is 719 g/mol. The zero-order valence-corrected chi connectivity index (χ0v) is 35.9. The Hall–Kier alpha value is -2.91. The number of nitrogens with zero attached hydrogens (tertiary/aromatic N) is 2. The van der Waals surface area contributed by atoms with E-state index in [0.717, 1.165) is 29.9 Å². The summed E-state index contributed by atoms with van der Waals surface area (Å²) in [6.45, 7) is 4.29. The van der Waals surface area contributed by atoms with E-state index in [1.807, 2.05) is 61.7 Å². The van der Waals surface area contributed by atoms with Crippen LogP contribution in [0.1, 0.15) is 193 Å². The third-order valence-electron chi connectivity index (χ3n) is 10.3. The molecule has 0 radical (unpaired) electrons. The minimum absolute atomic E-state index is 0. The summed E-state index contributed by atoms with van der Waals surface area (Å²) in [6.07, 6.45) is 40.3. The third kappa shape index (κ3) is 28.2. The maximum absolute atomic E-state index is 11.0. The van der Waals surface area contributed by atoms with Crippen LogP contribution in [0.15, 0.2) is 88.8 Å². The topological polar surface area (TPSA) is 70.8 Å². The number of para-hydroxylation sites is 3. The van der Waals surface area contributed by atoms with Gasteiger partial charge in [-0.1, -0.05) is 235 Å². The molecule has 308 valence electrons. The van der Waals surface area contributed by atoms with Crippen LogP contribution in [0.4, 0.5) is 11.4 Å². The second kappa shape index (κ2) is 36.7. The van der Waals surface area contributed by atoms with Gasteiger partial charge in [0.1, 0.15) is 0 Å². The van der Waals surface area contributed by atoms with Crippen molar-refractivity contribution in [2.45, 2.75) is 194 Å². The Labute approximate surface area is 348 Å². The normalized spacial score (nSPS) is 11.3. The van der Waals surface area contributed by atoms with Crippen molar-refractivity contribution in [2.75, 3.05) is 0 Å². The maximum Gasteiger partial charge on any atom is 2.00 e. The zero-order chi connectivity index (χ0) is 38.6. The van der Waals surface area contributed by atoms with Crippen LogP contribution in [0.25, 0.3) is 0 Å². The van der Waals surface area contributed by atoms with E-state index < -0.39 is 5.75 Å². The molecule has 0 bridgehead atoms. The predicted octanol–water partition coefficient (Wildman–Crippen LogP) is 15.1. The molecule has 0 aromatic heterocycles. The van der Waals surface area contributed by atoms with Crippen LogP contribution < -0.4 is 10.2 Å². The standard InChI is InChI=1S/C41H66N2.C9H12O2.Ni/c1-2-3-4-5-6-7-8-9-10-11-12-13-14-15-16-17-18-19-20-21-22-23-24-25-28-37-41(43-40-35-31-27-32-36-40)38-42-39-33-29-26-30-34-39;1-2-4-7-5-3-6-8(10)9(7)11;/h26-27,29-36,38H,2-25,28,37H2,1H3;3,5-6,10-11H,2,4H2,1H3;/q;;+2/p-2. The SMILES string of the molecule is CCCCCCCCCCCCCCCCCCCCCCCCCCCC(C=Nc1ccccc1)=Nc1ccccc1.CCCc1cccc([O-])c1[O-].[Ni+2]. The van der Waals surface area contributed by atoms with E-state index in [-0.39, 0.29) is 22.2 Å². The maximum atomic E-state index is 11.0. The van der Waals surface area contributed by atoms with Crippen molar-refractivity contribution in [1.29, 1.82) is 0 Å². The van der Waals surface area contributed by atoms with Gasteiger partial charge in [0.2, 0.25) is 0 Å².